The van der Waals surface area contributed by atoms with Crippen LogP contribution in [-0.2, 0) is 28.6 Å². The van der Waals surface area contributed by atoms with E-state index in [1.54, 1.807) is 0 Å². The highest BCUT2D eigenvalue weighted by atomic mass is 16.6. The molecule has 1 atom stereocenters. The van der Waals surface area contributed by atoms with Crippen LogP contribution >= 0.6 is 0 Å². The van der Waals surface area contributed by atoms with Gasteiger partial charge in [0.2, 0.25) is 0 Å². The maximum absolute atomic E-state index is 13.0. The lowest BCUT2D eigenvalue weighted by Gasteiger charge is -2.18. The van der Waals surface area contributed by atoms with Crippen molar-refractivity contribution in [3.8, 4) is 0 Å². The Morgan fingerprint density at radius 1 is 0.256 bits per heavy atom. The Bertz CT molecular complexity index is 1500. The van der Waals surface area contributed by atoms with Gasteiger partial charge in [-0.25, -0.2) is 0 Å². The maximum atomic E-state index is 13.0. The van der Waals surface area contributed by atoms with Gasteiger partial charge in [-0.05, 0) is 89.9 Å². The van der Waals surface area contributed by atoms with E-state index in [0.29, 0.717) is 19.3 Å². The number of carbonyl (C=O) groups is 3. The van der Waals surface area contributed by atoms with Crippen molar-refractivity contribution < 1.29 is 28.6 Å². The monoisotopic (exact) mass is 1150 g/mol. The Labute approximate surface area is 510 Å². The molecular weight excluding hydrogens is 1010 g/mol. The van der Waals surface area contributed by atoms with Crippen LogP contribution < -0.4 is 0 Å². The van der Waals surface area contributed by atoms with Gasteiger partial charge in [-0.15, -0.1) is 0 Å². The molecule has 0 aliphatic carbocycles. The lowest BCUT2D eigenvalue weighted by atomic mass is 10.0. The van der Waals surface area contributed by atoms with Gasteiger partial charge in [0.1, 0.15) is 13.2 Å². The van der Waals surface area contributed by atoms with Crippen molar-refractivity contribution in [1.29, 1.82) is 0 Å². The van der Waals surface area contributed by atoms with Crippen molar-refractivity contribution in [2.24, 2.45) is 0 Å². The zero-order chi connectivity index (χ0) is 59.2. The van der Waals surface area contributed by atoms with E-state index in [1.165, 1.54) is 231 Å². The van der Waals surface area contributed by atoms with Crippen molar-refractivity contribution in [3.05, 3.63) is 72.9 Å². The number of rotatable bonds is 66. The van der Waals surface area contributed by atoms with Gasteiger partial charge in [-0.3, -0.25) is 14.4 Å². The summed E-state index contributed by atoms with van der Waals surface area (Å²) < 4.78 is 17.0. The highest BCUT2D eigenvalue weighted by Gasteiger charge is 2.19. The van der Waals surface area contributed by atoms with Gasteiger partial charge in [-0.2, -0.15) is 0 Å². The van der Waals surface area contributed by atoms with Crippen molar-refractivity contribution in [2.45, 2.75) is 380 Å². The third kappa shape index (κ3) is 67.6. The summed E-state index contributed by atoms with van der Waals surface area (Å²) in [6, 6.07) is 0. The summed E-state index contributed by atoms with van der Waals surface area (Å²) in [5.41, 5.74) is 0. The summed E-state index contributed by atoms with van der Waals surface area (Å²) in [7, 11) is 0. The first-order chi connectivity index (χ1) is 40.5. The van der Waals surface area contributed by atoms with Crippen molar-refractivity contribution >= 4 is 17.9 Å². The van der Waals surface area contributed by atoms with Gasteiger partial charge < -0.3 is 14.2 Å². The molecule has 0 N–H and O–H groups in total. The van der Waals surface area contributed by atoms with E-state index in [4.69, 9.17) is 14.2 Å². The molecule has 0 fully saturated rings. The van der Waals surface area contributed by atoms with E-state index >= 15 is 0 Å². The molecule has 476 valence electrons. The molecule has 1 unspecified atom stereocenters. The molecule has 0 aromatic carbocycles. The molecule has 0 rings (SSSR count). The quantitative estimate of drug-likeness (QED) is 0.0261. The third-order valence-corrected chi connectivity index (χ3v) is 15.9. The molecule has 0 saturated carbocycles. The van der Waals surface area contributed by atoms with Crippen LogP contribution in [0.3, 0.4) is 0 Å². The number of hydrogen-bond donors (Lipinski definition) is 0. The first-order valence-corrected chi connectivity index (χ1v) is 35.9. The topological polar surface area (TPSA) is 78.9 Å². The first kappa shape index (κ1) is 78.8. The average molecular weight is 1150 g/mol. The molecule has 0 aromatic heterocycles. The molecular formula is C76H136O6. The van der Waals surface area contributed by atoms with Gasteiger partial charge in [0.25, 0.3) is 0 Å². The Morgan fingerprint density at radius 2 is 0.476 bits per heavy atom. The first-order valence-electron chi connectivity index (χ1n) is 35.9. The molecule has 0 spiro atoms. The zero-order valence-electron chi connectivity index (χ0n) is 54.8. The SMILES string of the molecule is CC/C=C\C/C=C\C/C=C\C/C=C\C/C=C\CCCCCCCCCC(=O)OC(COC(=O)CCCCCCC/C=C\CCCCCCCC)COC(=O)CCCCCCCCCCCCCCCCCCCCCCCCCCCC. The predicted octanol–water partition coefficient (Wildman–Crippen LogP) is 24.8. The molecule has 0 radical (unpaired) electrons. The van der Waals surface area contributed by atoms with E-state index in [-0.39, 0.29) is 31.1 Å². The van der Waals surface area contributed by atoms with Gasteiger partial charge in [0.05, 0.1) is 0 Å². The van der Waals surface area contributed by atoms with Gasteiger partial charge in [0.15, 0.2) is 6.10 Å². The molecule has 0 aromatic rings. The zero-order valence-corrected chi connectivity index (χ0v) is 54.8. The molecule has 6 nitrogen and oxygen atoms in total. The highest BCUT2D eigenvalue weighted by molar-refractivity contribution is 5.71. The van der Waals surface area contributed by atoms with Crippen LogP contribution in [0.5, 0.6) is 0 Å². The number of ether oxygens (including phenoxy) is 3. The fraction of sp³-hybridized carbons (Fsp3) is 0.803. The summed E-state index contributed by atoms with van der Waals surface area (Å²) in [5.74, 6) is -0.877. The number of carbonyl (C=O) groups excluding carboxylic acids is 3. The molecule has 0 aliphatic heterocycles. The van der Waals surface area contributed by atoms with Crippen LogP contribution in [0.1, 0.15) is 374 Å². The van der Waals surface area contributed by atoms with E-state index < -0.39 is 6.10 Å². The van der Waals surface area contributed by atoms with Crippen LogP contribution in [0.25, 0.3) is 0 Å². The fourth-order valence-corrected chi connectivity index (χ4v) is 10.6. The Morgan fingerprint density at radius 3 is 0.756 bits per heavy atom. The van der Waals surface area contributed by atoms with Crippen LogP contribution in [0.4, 0.5) is 0 Å². The summed E-state index contributed by atoms with van der Waals surface area (Å²) in [6.07, 6.45) is 92.2. The van der Waals surface area contributed by atoms with Gasteiger partial charge >= 0.3 is 17.9 Å². The summed E-state index contributed by atoms with van der Waals surface area (Å²) in [6.45, 7) is 6.57. The van der Waals surface area contributed by atoms with E-state index in [1.807, 2.05) is 0 Å². The minimum atomic E-state index is -0.786. The van der Waals surface area contributed by atoms with Crippen LogP contribution in [0, 0.1) is 0 Å². The number of unbranched alkanes of at least 4 members (excludes halogenated alkanes) is 43. The van der Waals surface area contributed by atoms with E-state index in [0.717, 1.165) is 103 Å². The van der Waals surface area contributed by atoms with Crippen LogP contribution in [0.2, 0.25) is 0 Å². The highest BCUT2D eigenvalue weighted by Crippen LogP contribution is 2.18. The smallest absolute Gasteiger partial charge is 0.306 e. The Balaban J connectivity index is 4.30. The number of hydrogen-bond acceptors (Lipinski definition) is 6. The normalized spacial score (nSPS) is 12.5. The lowest BCUT2D eigenvalue weighted by molar-refractivity contribution is -0.167. The molecule has 0 amide bonds. The molecule has 82 heavy (non-hydrogen) atoms. The van der Waals surface area contributed by atoms with Crippen LogP contribution in [0.15, 0.2) is 72.9 Å². The minimum absolute atomic E-state index is 0.0790. The fourth-order valence-electron chi connectivity index (χ4n) is 10.6. The average Bonchev–Trinajstić information content (AvgIpc) is 3.47. The molecule has 6 heteroatoms. The summed E-state index contributed by atoms with van der Waals surface area (Å²) >= 11 is 0. The molecule has 0 heterocycles. The largest absolute Gasteiger partial charge is 0.462 e. The van der Waals surface area contributed by atoms with Gasteiger partial charge in [0, 0.05) is 19.3 Å². The van der Waals surface area contributed by atoms with Gasteiger partial charge in [-0.1, -0.05) is 338 Å². The van der Waals surface area contributed by atoms with Crippen LogP contribution in [-0.4, -0.2) is 37.2 Å². The lowest BCUT2D eigenvalue weighted by Crippen LogP contribution is -2.30. The summed E-state index contributed by atoms with van der Waals surface area (Å²) in [5, 5.41) is 0. The maximum Gasteiger partial charge on any atom is 0.306 e. The summed E-state index contributed by atoms with van der Waals surface area (Å²) in [4.78, 5) is 38.5. The minimum Gasteiger partial charge on any atom is -0.462 e. The molecule has 0 aliphatic rings. The van der Waals surface area contributed by atoms with E-state index in [9.17, 15) is 14.4 Å². The second-order valence-electron chi connectivity index (χ2n) is 24.1. The number of esters is 3. The second-order valence-corrected chi connectivity index (χ2v) is 24.1. The number of allylic oxidation sites excluding steroid dienone is 12. The van der Waals surface area contributed by atoms with E-state index in [2.05, 4.69) is 93.7 Å². The Hall–Kier alpha value is -3.15. The standard InChI is InChI=1S/C76H136O6/c1-4-7-10-13-16-19-22-25-28-30-32-34-36-37-38-40-41-43-45-48-51-54-57-60-63-66-69-75(78)81-72-73(71-80-74(77)68-65-62-59-56-53-50-47-27-24-21-18-15-12-9-6-3)82-76(79)70-67-64-61-58-55-52-49-46-44-42-39-35-33-31-29-26-23-20-17-14-11-8-5-2/h8,11,17,20,26-27,29,33,35,42,44,47,73H,4-7,9-10,12-16,18-19,21-25,28,30-32,34,36-41,43,45-46,48-72H2,1-3H3/b11-8-,20-17-,29-26-,35-33-,44-42-,47-27-. The Kier molecular flexibility index (Phi) is 67.6. The van der Waals surface area contributed by atoms with Crippen molar-refractivity contribution in [2.75, 3.05) is 13.2 Å². The van der Waals surface area contributed by atoms with Crippen molar-refractivity contribution in [1.82, 2.24) is 0 Å². The van der Waals surface area contributed by atoms with Crippen molar-refractivity contribution in [3.63, 3.8) is 0 Å². The molecule has 0 bridgehead atoms. The third-order valence-electron chi connectivity index (χ3n) is 15.9. The molecule has 0 saturated heterocycles. The second kappa shape index (κ2) is 70.3. The predicted molar refractivity (Wildman–Crippen MR) is 358 cm³/mol.